The Morgan fingerprint density at radius 1 is 1.38 bits per heavy atom. The van der Waals surface area contributed by atoms with Crippen LogP contribution >= 0.6 is 11.6 Å². The Bertz CT molecular complexity index is 384. The van der Waals surface area contributed by atoms with Crippen molar-refractivity contribution in [2.75, 3.05) is 0 Å². The minimum absolute atomic E-state index is 0.143. The highest BCUT2D eigenvalue weighted by Crippen LogP contribution is 2.27. The van der Waals surface area contributed by atoms with Crippen LogP contribution in [0.5, 0.6) is 0 Å². The molecule has 0 N–H and O–H groups in total. The van der Waals surface area contributed by atoms with Gasteiger partial charge in [-0.2, -0.15) is 0 Å². The van der Waals surface area contributed by atoms with E-state index in [4.69, 9.17) is 11.6 Å². The second kappa shape index (κ2) is 2.96. The first-order valence-electron chi connectivity index (χ1n) is 4.01. The molecule has 0 saturated carbocycles. The lowest BCUT2D eigenvalue weighted by Gasteiger charge is -1.97. The highest BCUT2D eigenvalue weighted by molar-refractivity contribution is 6.66. The Morgan fingerprint density at radius 3 is 2.69 bits per heavy atom. The molecule has 1 aliphatic carbocycles. The average molecular weight is 195 g/mol. The van der Waals surface area contributed by atoms with E-state index in [9.17, 15) is 9.59 Å². The van der Waals surface area contributed by atoms with Gasteiger partial charge in [-0.25, -0.2) is 0 Å². The number of Topliss-reactive ketones (excluding diaryl/α,β-unsaturated/α-hetero) is 1. The largest absolute Gasteiger partial charge is 0.293 e. The molecule has 2 rings (SSSR count). The quantitative estimate of drug-likeness (QED) is 0.505. The van der Waals surface area contributed by atoms with Crippen LogP contribution in [-0.4, -0.2) is 11.0 Å². The summed E-state index contributed by atoms with van der Waals surface area (Å²) in [5.74, 6) is -0.797. The lowest BCUT2D eigenvalue weighted by molar-refractivity contribution is -0.113. The van der Waals surface area contributed by atoms with E-state index in [0.29, 0.717) is 12.0 Å². The zero-order valence-electron chi connectivity index (χ0n) is 6.79. The van der Waals surface area contributed by atoms with E-state index < -0.39 is 11.2 Å². The number of rotatable bonds is 1. The van der Waals surface area contributed by atoms with Gasteiger partial charge in [0.2, 0.25) is 5.24 Å². The van der Waals surface area contributed by atoms with Gasteiger partial charge < -0.3 is 0 Å². The number of hydrogen-bond acceptors (Lipinski definition) is 2. The third-order valence-electron chi connectivity index (χ3n) is 2.30. The van der Waals surface area contributed by atoms with Gasteiger partial charge in [-0.15, -0.1) is 0 Å². The Balaban J connectivity index is 2.44. The molecular formula is C10H7ClO2. The van der Waals surface area contributed by atoms with Gasteiger partial charge in [-0.3, -0.25) is 9.59 Å². The number of halogens is 1. The molecule has 0 bridgehead atoms. The molecule has 0 fully saturated rings. The average Bonchev–Trinajstić information content (AvgIpc) is 2.45. The summed E-state index contributed by atoms with van der Waals surface area (Å²) in [7, 11) is 0. The second-order valence-electron chi connectivity index (χ2n) is 3.08. The Labute approximate surface area is 80.5 Å². The maximum Gasteiger partial charge on any atom is 0.232 e. The normalized spacial score (nSPS) is 20.1. The van der Waals surface area contributed by atoms with Crippen LogP contribution in [0.15, 0.2) is 24.3 Å². The van der Waals surface area contributed by atoms with Gasteiger partial charge in [0, 0.05) is 5.56 Å². The van der Waals surface area contributed by atoms with Gasteiger partial charge in [0.1, 0.15) is 5.92 Å². The van der Waals surface area contributed by atoms with Crippen LogP contribution in [0.2, 0.25) is 0 Å². The van der Waals surface area contributed by atoms with Crippen molar-refractivity contribution >= 4 is 22.6 Å². The number of hydrogen-bond donors (Lipinski definition) is 0. The maximum atomic E-state index is 11.5. The minimum Gasteiger partial charge on any atom is -0.293 e. The zero-order chi connectivity index (χ0) is 9.42. The number of carbonyl (C=O) groups excluding carboxylic acids is 2. The summed E-state index contributed by atoms with van der Waals surface area (Å²) < 4.78 is 0. The van der Waals surface area contributed by atoms with E-state index >= 15 is 0 Å². The van der Waals surface area contributed by atoms with Crippen LogP contribution in [0.4, 0.5) is 0 Å². The van der Waals surface area contributed by atoms with Gasteiger partial charge in [0.15, 0.2) is 5.78 Å². The fourth-order valence-electron chi connectivity index (χ4n) is 1.62. The van der Waals surface area contributed by atoms with Gasteiger partial charge in [0.05, 0.1) is 0 Å². The van der Waals surface area contributed by atoms with E-state index in [0.717, 1.165) is 5.56 Å². The van der Waals surface area contributed by atoms with Gasteiger partial charge in [-0.05, 0) is 23.6 Å². The van der Waals surface area contributed by atoms with Crippen LogP contribution in [0.1, 0.15) is 15.9 Å². The summed E-state index contributed by atoms with van der Waals surface area (Å²) in [5, 5.41) is -0.554. The summed E-state index contributed by atoms with van der Waals surface area (Å²) in [6, 6.07) is 7.23. The van der Waals surface area contributed by atoms with Crippen molar-refractivity contribution in [2.45, 2.75) is 6.42 Å². The van der Waals surface area contributed by atoms with Crippen molar-refractivity contribution in [1.82, 2.24) is 0 Å². The van der Waals surface area contributed by atoms with E-state index in [1.165, 1.54) is 0 Å². The molecule has 1 aliphatic rings. The third-order valence-corrected chi connectivity index (χ3v) is 2.56. The molecule has 3 heteroatoms. The molecule has 1 atom stereocenters. The second-order valence-corrected chi connectivity index (χ2v) is 3.45. The van der Waals surface area contributed by atoms with Crippen LogP contribution < -0.4 is 0 Å². The first-order chi connectivity index (χ1) is 6.20. The van der Waals surface area contributed by atoms with Gasteiger partial charge in [-0.1, -0.05) is 24.3 Å². The molecule has 0 spiro atoms. The summed E-state index contributed by atoms with van der Waals surface area (Å²) in [4.78, 5) is 22.4. The molecule has 0 heterocycles. The molecule has 0 amide bonds. The van der Waals surface area contributed by atoms with Crippen LogP contribution in [-0.2, 0) is 11.2 Å². The molecule has 13 heavy (non-hydrogen) atoms. The van der Waals surface area contributed by atoms with Crippen molar-refractivity contribution < 1.29 is 9.59 Å². The molecule has 0 saturated heterocycles. The monoisotopic (exact) mass is 194 g/mol. The smallest absolute Gasteiger partial charge is 0.232 e. The van der Waals surface area contributed by atoms with Crippen molar-refractivity contribution in [3.8, 4) is 0 Å². The summed E-state index contributed by atoms with van der Waals surface area (Å²) >= 11 is 5.31. The van der Waals surface area contributed by atoms with Gasteiger partial charge in [0.25, 0.3) is 0 Å². The highest BCUT2D eigenvalue weighted by atomic mass is 35.5. The molecule has 1 unspecified atom stereocenters. The third kappa shape index (κ3) is 1.27. The summed E-state index contributed by atoms with van der Waals surface area (Å²) in [6.07, 6.45) is 0.456. The van der Waals surface area contributed by atoms with E-state index in [-0.39, 0.29) is 5.78 Å². The predicted molar refractivity (Wildman–Crippen MR) is 48.8 cm³/mol. The molecule has 1 aromatic carbocycles. The van der Waals surface area contributed by atoms with E-state index in [1.54, 1.807) is 12.1 Å². The number of carbonyl (C=O) groups is 2. The molecule has 1 aromatic rings. The predicted octanol–water partition coefficient (Wildman–Crippen LogP) is 1.81. The maximum absolute atomic E-state index is 11.5. The topological polar surface area (TPSA) is 34.1 Å². The lowest BCUT2D eigenvalue weighted by Crippen LogP contribution is -2.15. The first-order valence-corrected chi connectivity index (χ1v) is 4.39. The summed E-state index contributed by atoms with van der Waals surface area (Å²) in [5.41, 5.74) is 1.56. The highest BCUT2D eigenvalue weighted by Gasteiger charge is 2.34. The minimum atomic E-state index is -0.654. The molecule has 0 aliphatic heterocycles. The van der Waals surface area contributed by atoms with E-state index in [2.05, 4.69) is 0 Å². The zero-order valence-corrected chi connectivity index (χ0v) is 7.54. The van der Waals surface area contributed by atoms with Crippen molar-refractivity contribution in [3.05, 3.63) is 35.4 Å². The summed E-state index contributed by atoms with van der Waals surface area (Å²) in [6.45, 7) is 0. The number of benzene rings is 1. The lowest BCUT2D eigenvalue weighted by atomic mass is 10.1. The van der Waals surface area contributed by atoms with Crippen LogP contribution in [0.3, 0.4) is 0 Å². The standard InChI is InChI=1S/C10H7ClO2/c11-10(13)8-5-6-3-1-2-4-7(6)9(8)12/h1-4,8H,5H2. The molecule has 66 valence electrons. The number of fused-ring (bicyclic) bond motifs is 1. The molecule has 0 radical (unpaired) electrons. The Hall–Kier alpha value is -1.15. The van der Waals surface area contributed by atoms with Crippen LogP contribution in [0.25, 0.3) is 0 Å². The fraction of sp³-hybridized carbons (Fsp3) is 0.200. The van der Waals surface area contributed by atoms with Crippen molar-refractivity contribution in [1.29, 1.82) is 0 Å². The number of ketones is 1. The Morgan fingerprint density at radius 2 is 2.08 bits per heavy atom. The van der Waals surface area contributed by atoms with Crippen molar-refractivity contribution in [2.24, 2.45) is 5.92 Å². The van der Waals surface area contributed by atoms with E-state index in [1.807, 2.05) is 12.1 Å². The first kappa shape index (κ1) is 8.45. The SMILES string of the molecule is O=C(Cl)C1Cc2ccccc2C1=O. The molecular weight excluding hydrogens is 188 g/mol. The Kier molecular flexibility index (Phi) is 1.93. The van der Waals surface area contributed by atoms with Gasteiger partial charge >= 0.3 is 0 Å². The fourth-order valence-corrected chi connectivity index (χ4v) is 1.80. The molecule has 2 nitrogen and oxygen atoms in total. The van der Waals surface area contributed by atoms with Crippen molar-refractivity contribution in [3.63, 3.8) is 0 Å². The molecule has 0 aromatic heterocycles. The van der Waals surface area contributed by atoms with Crippen LogP contribution in [0, 0.1) is 5.92 Å².